The van der Waals surface area contributed by atoms with Crippen LogP contribution in [0.15, 0.2) is 42.5 Å². The van der Waals surface area contributed by atoms with Crippen LogP contribution >= 0.6 is 35.4 Å². The number of thiocarbonyl (C=S) groups is 1. The summed E-state index contributed by atoms with van der Waals surface area (Å²) in [5.41, 5.74) is 5.09. The molecule has 148 valence electrons. The molecule has 0 aliphatic carbocycles. The summed E-state index contributed by atoms with van der Waals surface area (Å²) in [5.74, 6) is -0.309. The molecule has 0 fully saturated rings. The maximum Gasteiger partial charge on any atom is 0.279 e. The Labute approximate surface area is 177 Å². The Morgan fingerprint density at radius 1 is 1.07 bits per heavy atom. The molecule has 2 aromatic carbocycles. The molecule has 0 bridgehead atoms. The minimum absolute atomic E-state index is 0.0963. The monoisotopic (exact) mass is 441 g/mol. The van der Waals surface area contributed by atoms with Crippen molar-refractivity contribution in [3.05, 3.63) is 58.1 Å². The lowest BCUT2D eigenvalue weighted by atomic mass is 10.2. The van der Waals surface area contributed by atoms with E-state index in [9.17, 15) is 9.59 Å². The number of nitrogens with one attached hydrogen (secondary N) is 3. The fraction of sp³-hybridized carbons (Fsp3) is 0.167. The van der Waals surface area contributed by atoms with Gasteiger partial charge in [0.05, 0.1) is 17.7 Å². The Bertz CT molecular complexity index is 895. The first-order valence-corrected chi connectivity index (χ1v) is 9.14. The number of amides is 2. The third-order valence-electron chi connectivity index (χ3n) is 3.44. The van der Waals surface area contributed by atoms with Crippen molar-refractivity contribution in [3.63, 3.8) is 0 Å². The van der Waals surface area contributed by atoms with Gasteiger partial charge in [0.1, 0.15) is 11.5 Å². The van der Waals surface area contributed by atoms with Gasteiger partial charge in [-0.15, -0.1) is 0 Å². The number of halogens is 2. The molecule has 0 saturated heterocycles. The molecule has 0 spiro atoms. The van der Waals surface area contributed by atoms with Gasteiger partial charge in [-0.05, 0) is 49.5 Å². The maximum absolute atomic E-state index is 12.2. The summed E-state index contributed by atoms with van der Waals surface area (Å²) in [6.45, 7) is 1.53. The molecular formula is C18H17Cl2N3O4S. The van der Waals surface area contributed by atoms with Gasteiger partial charge in [-0.25, -0.2) is 0 Å². The summed E-state index contributed by atoms with van der Waals surface area (Å²) in [7, 11) is 1.46. The lowest BCUT2D eigenvalue weighted by molar-refractivity contribution is -0.127. The number of rotatable bonds is 5. The van der Waals surface area contributed by atoms with E-state index in [4.69, 9.17) is 44.9 Å². The summed E-state index contributed by atoms with van der Waals surface area (Å²) >= 11 is 16.8. The van der Waals surface area contributed by atoms with Gasteiger partial charge in [-0.2, -0.15) is 0 Å². The van der Waals surface area contributed by atoms with Gasteiger partial charge in [-0.3, -0.25) is 25.8 Å². The minimum atomic E-state index is -0.890. The highest BCUT2D eigenvalue weighted by atomic mass is 35.5. The van der Waals surface area contributed by atoms with Crippen LogP contribution in [0.1, 0.15) is 17.3 Å². The van der Waals surface area contributed by atoms with Crippen LogP contribution in [-0.2, 0) is 4.79 Å². The predicted octanol–water partition coefficient (Wildman–Crippen LogP) is 3.11. The Balaban J connectivity index is 1.86. The average molecular weight is 442 g/mol. The van der Waals surface area contributed by atoms with Crippen molar-refractivity contribution >= 4 is 52.3 Å². The van der Waals surface area contributed by atoms with E-state index in [1.54, 1.807) is 36.4 Å². The Kier molecular flexibility index (Phi) is 7.86. The molecule has 3 N–H and O–H groups in total. The van der Waals surface area contributed by atoms with E-state index in [1.165, 1.54) is 20.1 Å². The van der Waals surface area contributed by atoms with Crippen LogP contribution in [0.4, 0.5) is 0 Å². The minimum Gasteiger partial charge on any atom is -0.496 e. The fourth-order valence-corrected chi connectivity index (χ4v) is 2.67. The molecule has 2 rings (SSSR count). The van der Waals surface area contributed by atoms with Crippen molar-refractivity contribution < 1.29 is 19.1 Å². The lowest BCUT2D eigenvalue weighted by Gasteiger charge is -2.17. The van der Waals surface area contributed by atoms with Crippen molar-refractivity contribution in [1.82, 2.24) is 16.2 Å². The Hall–Kier alpha value is -2.55. The molecule has 0 heterocycles. The van der Waals surface area contributed by atoms with Crippen LogP contribution in [-0.4, -0.2) is 30.1 Å². The zero-order valence-electron chi connectivity index (χ0n) is 14.9. The lowest BCUT2D eigenvalue weighted by Crippen LogP contribution is -2.51. The molecule has 1 atom stereocenters. The van der Waals surface area contributed by atoms with Crippen LogP contribution in [0.3, 0.4) is 0 Å². The highest BCUT2D eigenvalue weighted by Crippen LogP contribution is 2.28. The molecule has 7 nitrogen and oxygen atoms in total. The summed E-state index contributed by atoms with van der Waals surface area (Å²) < 4.78 is 10.6. The first kappa shape index (κ1) is 21.7. The molecule has 2 amide bonds. The number of benzene rings is 2. The van der Waals surface area contributed by atoms with Crippen molar-refractivity contribution in [3.8, 4) is 11.5 Å². The van der Waals surface area contributed by atoms with E-state index in [2.05, 4.69) is 16.2 Å². The number of ether oxygens (including phenoxy) is 2. The van der Waals surface area contributed by atoms with Gasteiger partial charge >= 0.3 is 0 Å². The van der Waals surface area contributed by atoms with Gasteiger partial charge in [-0.1, -0.05) is 35.3 Å². The first-order valence-electron chi connectivity index (χ1n) is 7.97. The van der Waals surface area contributed by atoms with Gasteiger partial charge in [0.2, 0.25) is 0 Å². The second kappa shape index (κ2) is 10.1. The smallest absolute Gasteiger partial charge is 0.279 e. The Morgan fingerprint density at radius 2 is 1.79 bits per heavy atom. The van der Waals surface area contributed by atoms with Crippen molar-refractivity contribution in [2.24, 2.45) is 0 Å². The molecule has 2 aromatic rings. The number of hydrazine groups is 1. The van der Waals surface area contributed by atoms with Gasteiger partial charge < -0.3 is 9.47 Å². The summed E-state index contributed by atoms with van der Waals surface area (Å²) in [6, 6.07) is 11.3. The van der Waals surface area contributed by atoms with Crippen LogP contribution in [0.2, 0.25) is 10.0 Å². The fourth-order valence-electron chi connectivity index (χ4n) is 2.07. The number of para-hydroxylation sites is 1. The van der Waals surface area contributed by atoms with Gasteiger partial charge in [0.15, 0.2) is 11.2 Å². The van der Waals surface area contributed by atoms with Crippen LogP contribution in [0.25, 0.3) is 0 Å². The average Bonchev–Trinajstić information content (AvgIpc) is 2.68. The second-order valence-corrected chi connectivity index (χ2v) is 6.68. The molecule has 0 aliphatic rings. The zero-order chi connectivity index (χ0) is 20.7. The first-order chi connectivity index (χ1) is 13.3. The summed E-state index contributed by atoms with van der Waals surface area (Å²) in [4.78, 5) is 24.4. The van der Waals surface area contributed by atoms with E-state index in [1.807, 2.05) is 0 Å². The number of hydrogen-bond acceptors (Lipinski definition) is 5. The number of carbonyl (C=O) groups excluding carboxylic acids is 2. The van der Waals surface area contributed by atoms with Gasteiger partial charge in [0.25, 0.3) is 11.8 Å². The standard InChI is InChI=1S/C18H17Cl2N3O4S/c1-10(27-15-8-7-11(19)9-13(15)20)16(24)22-23-18(28)21-17(25)12-5-3-4-6-14(12)26-2/h3-10H,1-2H3,(H,22,24)(H2,21,23,25,28)/t10-/m0/s1. The van der Waals surface area contributed by atoms with E-state index < -0.39 is 17.9 Å². The van der Waals surface area contributed by atoms with E-state index in [-0.39, 0.29) is 10.1 Å². The molecule has 10 heteroatoms. The molecule has 0 aromatic heterocycles. The SMILES string of the molecule is COc1ccccc1C(=O)NC(=S)NNC(=O)[C@H](C)Oc1ccc(Cl)cc1Cl. The highest BCUT2D eigenvalue weighted by Gasteiger charge is 2.17. The molecular weight excluding hydrogens is 425 g/mol. The molecule has 0 aliphatic heterocycles. The van der Waals surface area contributed by atoms with Crippen LogP contribution in [0.5, 0.6) is 11.5 Å². The van der Waals surface area contributed by atoms with Crippen LogP contribution < -0.4 is 25.6 Å². The van der Waals surface area contributed by atoms with E-state index >= 15 is 0 Å². The summed E-state index contributed by atoms with van der Waals surface area (Å²) in [6.07, 6.45) is -0.890. The zero-order valence-corrected chi connectivity index (χ0v) is 17.2. The molecule has 0 radical (unpaired) electrons. The van der Waals surface area contributed by atoms with E-state index in [0.717, 1.165) is 0 Å². The Morgan fingerprint density at radius 3 is 2.46 bits per heavy atom. The quantitative estimate of drug-likeness (QED) is 0.487. The maximum atomic E-state index is 12.2. The number of methoxy groups -OCH3 is 1. The third kappa shape index (κ3) is 5.98. The molecule has 0 saturated carbocycles. The second-order valence-electron chi connectivity index (χ2n) is 5.43. The van der Waals surface area contributed by atoms with Gasteiger partial charge in [0, 0.05) is 5.02 Å². The normalized spacial score (nSPS) is 11.1. The number of hydrogen-bond donors (Lipinski definition) is 3. The topological polar surface area (TPSA) is 88.7 Å². The third-order valence-corrected chi connectivity index (χ3v) is 4.18. The highest BCUT2D eigenvalue weighted by molar-refractivity contribution is 7.80. The van der Waals surface area contributed by atoms with Crippen molar-refractivity contribution in [2.45, 2.75) is 13.0 Å². The largest absolute Gasteiger partial charge is 0.496 e. The predicted molar refractivity (Wildman–Crippen MR) is 111 cm³/mol. The molecule has 28 heavy (non-hydrogen) atoms. The van der Waals surface area contributed by atoms with Crippen molar-refractivity contribution in [2.75, 3.05) is 7.11 Å². The molecule has 0 unspecified atom stereocenters. The van der Waals surface area contributed by atoms with E-state index in [0.29, 0.717) is 22.1 Å². The van der Waals surface area contributed by atoms with Crippen LogP contribution in [0, 0.1) is 0 Å². The summed E-state index contributed by atoms with van der Waals surface area (Å²) in [5, 5.41) is 3.07. The number of carbonyl (C=O) groups is 2. The van der Waals surface area contributed by atoms with Crippen molar-refractivity contribution in [1.29, 1.82) is 0 Å².